The van der Waals surface area contributed by atoms with Crippen LogP contribution in [0.2, 0.25) is 0 Å². The van der Waals surface area contributed by atoms with Gasteiger partial charge in [-0.3, -0.25) is 14.2 Å². The lowest BCUT2D eigenvalue weighted by Gasteiger charge is -2.23. The molecule has 0 radical (unpaired) electrons. The smallest absolute Gasteiger partial charge is 0.281 e. The largest absolute Gasteiger partial charge is 0.392 e. The van der Waals surface area contributed by atoms with Crippen molar-refractivity contribution in [2.24, 2.45) is 7.05 Å². The summed E-state index contributed by atoms with van der Waals surface area (Å²) in [4.78, 5) is 37.9. The number of carbonyl (C=O) groups excluding carboxylic acids is 1. The molecular formula is C25H25N5O3S. The number of nitrogens with zero attached hydrogens (tertiary/aromatic N) is 4. The summed E-state index contributed by atoms with van der Waals surface area (Å²) in [7, 11) is 1.66. The first-order valence-electron chi connectivity index (χ1n) is 11.2. The Labute approximate surface area is 200 Å². The molecule has 0 aliphatic carbocycles. The zero-order valence-corrected chi connectivity index (χ0v) is 19.6. The molecule has 8 nitrogen and oxygen atoms in total. The first-order chi connectivity index (χ1) is 16.6. The van der Waals surface area contributed by atoms with E-state index in [1.165, 1.54) is 15.9 Å². The number of hydrogen-bond donors (Lipinski definition) is 2. The molecule has 3 heterocycles. The van der Waals surface area contributed by atoms with E-state index in [1.807, 2.05) is 59.5 Å². The summed E-state index contributed by atoms with van der Waals surface area (Å²) in [6.45, 7) is 1.02. The van der Waals surface area contributed by atoms with Crippen LogP contribution >= 0.6 is 11.3 Å². The second kappa shape index (κ2) is 9.36. The highest BCUT2D eigenvalue weighted by Crippen LogP contribution is 2.33. The fraction of sp³-hybridized carbons (Fsp3) is 0.280. The minimum absolute atomic E-state index is 0.0426. The van der Waals surface area contributed by atoms with Crippen LogP contribution in [-0.4, -0.2) is 38.1 Å². The van der Waals surface area contributed by atoms with Crippen molar-refractivity contribution in [1.82, 2.24) is 19.9 Å². The summed E-state index contributed by atoms with van der Waals surface area (Å²) in [6, 6.07) is 16.8. The highest BCUT2D eigenvalue weighted by Gasteiger charge is 2.33. The van der Waals surface area contributed by atoms with Gasteiger partial charge in [-0.2, -0.15) is 0 Å². The van der Waals surface area contributed by atoms with Crippen LogP contribution in [0.4, 0.5) is 5.13 Å². The van der Waals surface area contributed by atoms with Gasteiger partial charge < -0.3 is 15.3 Å². The Morgan fingerprint density at radius 3 is 2.71 bits per heavy atom. The molecule has 1 aliphatic rings. The van der Waals surface area contributed by atoms with E-state index < -0.39 is 0 Å². The van der Waals surface area contributed by atoms with Gasteiger partial charge in [0, 0.05) is 25.7 Å². The van der Waals surface area contributed by atoms with Gasteiger partial charge in [-0.1, -0.05) is 65.9 Å². The maximum Gasteiger partial charge on any atom is 0.281 e. The van der Waals surface area contributed by atoms with E-state index in [0.29, 0.717) is 45.5 Å². The van der Waals surface area contributed by atoms with Crippen LogP contribution in [0.15, 0.2) is 59.4 Å². The van der Waals surface area contributed by atoms with Gasteiger partial charge in [-0.25, -0.2) is 9.97 Å². The number of nitrogens with one attached hydrogen (secondary N) is 1. The number of fused-ring (bicyclic) bond motifs is 1. The zero-order chi connectivity index (χ0) is 23.7. The summed E-state index contributed by atoms with van der Waals surface area (Å²) in [5, 5.41) is 13.4. The fourth-order valence-corrected chi connectivity index (χ4v) is 5.36. The predicted molar refractivity (Wildman–Crippen MR) is 133 cm³/mol. The van der Waals surface area contributed by atoms with Crippen LogP contribution in [0.3, 0.4) is 0 Å². The van der Waals surface area contributed by atoms with Gasteiger partial charge in [-0.05, 0) is 24.0 Å². The quantitative estimate of drug-likeness (QED) is 0.445. The molecular weight excluding hydrogens is 450 g/mol. The summed E-state index contributed by atoms with van der Waals surface area (Å²) in [6.07, 6.45) is 1.61. The van der Waals surface area contributed by atoms with Crippen molar-refractivity contribution in [3.8, 4) is 11.4 Å². The first kappa shape index (κ1) is 22.2. The van der Waals surface area contributed by atoms with Crippen LogP contribution in [0, 0.1) is 0 Å². The molecule has 34 heavy (non-hydrogen) atoms. The molecule has 2 aromatic carbocycles. The Hall–Kier alpha value is -3.56. The fourth-order valence-electron chi connectivity index (χ4n) is 4.35. The summed E-state index contributed by atoms with van der Waals surface area (Å²) in [5.74, 6) is 0.440. The molecule has 5 rings (SSSR count). The van der Waals surface area contributed by atoms with Crippen molar-refractivity contribution >= 4 is 32.7 Å². The average Bonchev–Trinajstić information content (AvgIpc) is 3.53. The van der Waals surface area contributed by atoms with Crippen molar-refractivity contribution in [2.45, 2.75) is 32.0 Å². The maximum atomic E-state index is 13.1. The van der Waals surface area contributed by atoms with Crippen LogP contribution in [0.5, 0.6) is 0 Å². The van der Waals surface area contributed by atoms with Crippen molar-refractivity contribution < 1.29 is 9.90 Å². The molecule has 0 bridgehead atoms. The van der Waals surface area contributed by atoms with E-state index in [9.17, 15) is 14.7 Å². The van der Waals surface area contributed by atoms with Crippen molar-refractivity contribution in [2.75, 3.05) is 11.4 Å². The molecule has 1 atom stereocenters. The van der Waals surface area contributed by atoms with Crippen LogP contribution in [0.1, 0.15) is 24.0 Å². The molecule has 2 aromatic heterocycles. The highest BCUT2D eigenvalue weighted by molar-refractivity contribution is 7.21. The molecule has 0 spiro atoms. The van der Waals surface area contributed by atoms with Crippen LogP contribution in [-0.2, 0) is 25.0 Å². The van der Waals surface area contributed by atoms with Crippen LogP contribution < -0.4 is 15.8 Å². The van der Waals surface area contributed by atoms with E-state index in [1.54, 1.807) is 7.05 Å². The van der Waals surface area contributed by atoms with Crippen molar-refractivity contribution in [3.05, 3.63) is 76.1 Å². The Balaban J connectivity index is 1.45. The number of rotatable bonds is 6. The van der Waals surface area contributed by atoms with E-state index in [4.69, 9.17) is 4.98 Å². The summed E-state index contributed by atoms with van der Waals surface area (Å²) < 4.78 is 1.47. The third-order valence-corrected chi connectivity index (χ3v) is 7.16. The molecule has 0 saturated carbocycles. The monoisotopic (exact) mass is 475 g/mol. The lowest BCUT2D eigenvalue weighted by atomic mass is 10.1. The second-order valence-electron chi connectivity index (χ2n) is 8.32. The molecule has 9 heteroatoms. The van der Waals surface area contributed by atoms with E-state index in [2.05, 4.69) is 10.3 Å². The van der Waals surface area contributed by atoms with E-state index in [-0.39, 0.29) is 24.1 Å². The van der Waals surface area contributed by atoms with E-state index in [0.717, 1.165) is 18.4 Å². The lowest BCUT2D eigenvalue weighted by molar-refractivity contribution is -0.122. The molecule has 1 amide bonds. The Bertz CT molecular complexity index is 1400. The average molecular weight is 476 g/mol. The van der Waals surface area contributed by atoms with Gasteiger partial charge in [0.05, 0.1) is 6.61 Å². The second-order valence-corrected chi connectivity index (χ2v) is 9.28. The number of hydrogen-bond acceptors (Lipinski definition) is 7. The van der Waals surface area contributed by atoms with E-state index >= 15 is 0 Å². The van der Waals surface area contributed by atoms with Gasteiger partial charge in [-0.15, -0.1) is 0 Å². The minimum Gasteiger partial charge on any atom is -0.392 e. The normalized spacial score (nSPS) is 15.7. The predicted octanol–water partition coefficient (Wildman–Crippen LogP) is 2.83. The molecule has 1 fully saturated rings. The van der Waals surface area contributed by atoms with Crippen molar-refractivity contribution in [3.63, 3.8) is 0 Å². The molecule has 1 aliphatic heterocycles. The number of aliphatic hydroxyl groups is 1. The lowest BCUT2D eigenvalue weighted by Crippen LogP contribution is -2.43. The number of aromatic nitrogens is 3. The number of carbonyl (C=O) groups is 1. The standard InChI is InChI=1S/C25H25N5O3S/c1-29-21(18-11-6-5-10-17(18)15-31)28-23-20(24(29)33)27-25(34-23)30-13-7-12-19(30)22(32)26-14-16-8-3-2-4-9-16/h2-6,8-11,19,31H,7,12-15H2,1H3,(H,26,32). The Morgan fingerprint density at radius 2 is 1.91 bits per heavy atom. The highest BCUT2D eigenvalue weighted by atomic mass is 32.1. The minimum atomic E-state index is -0.331. The van der Waals surface area contributed by atoms with Crippen molar-refractivity contribution in [1.29, 1.82) is 0 Å². The topological polar surface area (TPSA) is 100 Å². The first-order valence-corrected chi connectivity index (χ1v) is 12.0. The van der Waals surface area contributed by atoms with Gasteiger partial charge >= 0.3 is 0 Å². The Morgan fingerprint density at radius 1 is 1.15 bits per heavy atom. The number of aliphatic hydroxyl groups excluding tert-OH is 1. The summed E-state index contributed by atoms with van der Waals surface area (Å²) >= 11 is 1.32. The number of amides is 1. The third kappa shape index (κ3) is 4.08. The molecule has 2 N–H and O–H groups in total. The third-order valence-electron chi connectivity index (χ3n) is 6.17. The molecule has 1 saturated heterocycles. The molecule has 174 valence electrons. The maximum absolute atomic E-state index is 13.1. The molecule has 1 unspecified atom stereocenters. The van der Waals surface area contributed by atoms with Gasteiger partial charge in [0.1, 0.15) is 11.9 Å². The van der Waals surface area contributed by atoms with Gasteiger partial charge in [0.2, 0.25) is 5.91 Å². The van der Waals surface area contributed by atoms with Crippen LogP contribution in [0.25, 0.3) is 21.7 Å². The zero-order valence-electron chi connectivity index (χ0n) is 18.8. The number of thiazole rings is 1. The summed E-state index contributed by atoms with van der Waals surface area (Å²) in [5.41, 5.74) is 2.50. The number of benzene rings is 2. The molecule has 4 aromatic rings. The SMILES string of the molecule is Cn1c(-c2ccccc2CO)nc2sc(N3CCCC3C(=O)NCc3ccccc3)nc2c1=O. The van der Waals surface area contributed by atoms with Gasteiger partial charge in [0.15, 0.2) is 15.5 Å². The van der Waals surface area contributed by atoms with Gasteiger partial charge in [0.25, 0.3) is 5.56 Å². The number of anilines is 1. The Kier molecular flexibility index (Phi) is 6.12.